The van der Waals surface area contributed by atoms with Gasteiger partial charge in [0.2, 0.25) is 5.91 Å². The highest BCUT2D eigenvalue weighted by Crippen LogP contribution is 2.20. The maximum absolute atomic E-state index is 12.1. The van der Waals surface area contributed by atoms with Crippen LogP contribution in [0, 0.1) is 0 Å². The Morgan fingerprint density at radius 3 is 2.81 bits per heavy atom. The van der Waals surface area contributed by atoms with Crippen molar-refractivity contribution in [3.63, 3.8) is 0 Å². The Labute approximate surface area is 158 Å². The number of rotatable bonds is 8. The lowest BCUT2D eigenvalue weighted by Crippen LogP contribution is -2.17. The second-order valence-corrected chi connectivity index (χ2v) is 7.60. The van der Waals surface area contributed by atoms with Crippen LogP contribution in [0.4, 0.5) is 5.69 Å². The predicted molar refractivity (Wildman–Crippen MR) is 106 cm³/mol. The van der Waals surface area contributed by atoms with Gasteiger partial charge in [0, 0.05) is 11.3 Å². The van der Waals surface area contributed by atoms with Gasteiger partial charge in [-0.05, 0) is 49.8 Å². The van der Waals surface area contributed by atoms with Crippen LogP contribution >= 0.6 is 11.8 Å². The zero-order chi connectivity index (χ0) is 18.4. The van der Waals surface area contributed by atoms with E-state index in [-0.39, 0.29) is 17.2 Å². The minimum Gasteiger partial charge on any atom is -0.325 e. The average Bonchev–Trinajstić information content (AvgIpc) is 3.11. The molecule has 1 amide bonds. The number of aryl methyl sites for hydroxylation is 2. The lowest BCUT2D eigenvalue weighted by Gasteiger charge is -2.07. The molecule has 26 heavy (non-hydrogen) atoms. The van der Waals surface area contributed by atoms with Gasteiger partial charge < -0.3 is 10.3 Å². The second kappa shape index (κ2) is 9.03. The molecular formula is C20H25N3O2S. The van der Waals surface area contributed by atoms with E-state index in [2.05, 4.69) is 34.3 Å². The van der Waals surface area contributed by atoms with Gasteiger partial charge in [0.05, 0.1) is 11.4 Å². The summed E-state index contributed by atoms with van der Waals surface area (Å²) >= 11 is 1.27. The van der Waals surface area contributed by atoms with Crippen molar-refractivity contribution in [2.24, 2.45) is 0 Å². The third kappa shape index (κ3) is 4.97. The topological polar surface area (TPSA) is 74.8 Å². The number of aromatic amines is 1. The van der Waals surface area contributed by atoms with Crippen molar-refractivity contribution in [1.82, 2.24) is 9.97 Å². The number of anilines is 1. The third-order valence-corrected chi connectivity index (χ3v) is 5.44. The summed E-state index contributed by atoms with van der Waals surface area (Å²) in [6.07, 6.45) is 7.38. The van der Waals surface area contributed by atoms with E-state index in [1.165, 1.54) is 36.6 Å². The molecule has 0 fully saturated rings. The number of carbonyl (C=O) groups is 1. The number of benzene rings is 1. The number of hydrogen-bond acceptors (Lipinski definition) is 4. The van der Waals surface area contributed by atoms with Crippen LogP contribution < -0.4 is 10.9 Å². The van der Waals surface area contributed by atoms with Crippen molar-refractivity contribution in [2.45, 2.75) is 57.0 Å². The quantitative estimate of drug-likeness (QED) is 0.421. The summed E-state index contributed by atoms with van der Waals surface area (Å²) in [5, 5.41) is 3.42. The van der Waals surface area contributed by atoms with Crippen molar-refractivity contribution in [2.75, 3.05) is 11.1 Å². The summed E-state index contributed by atoms with van der Waals surface area (Å²) in [4.78, 5) is 31.4. The van der Waals surface area contributed by atoms with Gasteiger partial charge in [-0.25, -0.2) is 4.98 Å². The molecule has 0 aliphatic heterocycles. The van der Waals surface area contributed by atoms with Crippen LogP contribution in [-0.2, 0) is 24.1 Å². The van der Waals surface area contributed by atoms with Gasteiger partial charge in [-0.3, -0.25) is 9.59 Å². The highest BCUT2D eigenvalue weighted by Gasteiger charge is 2.17. The van der Waals surface area contributed by atoms with E-state index in [1.54, 1.807) is 0 Å². The molecule has 0 atom stereocenters. The average molecular weight is 372 g/mol. The minimum absolute atomic E-state index is 0.0610. The highest BCUT2D eigenvalue weighted by atomic mass is 32.2. The summed E-state index contributed by atoms with van der Waals surface area (Å²) in [6.45, 7) is 2.20. The van der Waals surface area contributed by atoms with E-state index in [1.807, 2.05) is 12.1 Å². The van der Waals surface area contributed by atoms with Crippen LogP contribution in [0.3, 0.4) is 0 Å². The Morgan fingerprint density at radius 2 is 2.04 bits per heavy atom. The molecule has 2 N–H and O–H groups in total. The van der Waals surface area contributed by atoms with Gasteiger partial charge in [0.15, 0.2) is 5.16 Å². The second-order valence-electron chi connectivity index (χ2n) is 6.64. The maximum atomic E-state index is 12.1. The number of hydrogen-bond donors (Lipinski definition) is 2. The molecule has 1 aromatic heterocycles. The molecule has 138 valence electrons. The van der Waals surface area contributed by atoms with Crippen molar-refractivity contribution in [1.29, 1.82) is 0 Å². The molecule has 5 nitrogen and oxygen atoms in total. The van der Waals surface area contributed by atoms with Crippen LogP contribution in [0.15, 0.2) is 34.2 Å². The van der Waals surface area contributed by atoms with Gasteiger partial charge in [-0.2, -0.15) is 0 Å². The lowest BCUT2D eigenvalue weighted by molar-refractivity contribution is -0.113. The summed E-state index contributed by atoms with van der Waals surface area (Å²) < 4.78 is 0. The highest BCUT2D eigenvalue weighted by molar-refractivity contribution is 7.99. The molecule has 1 aliphatic carbocycles. The Bertz CT molecular complexity index is 815. The van der Waals surface area contributed by atoms with Gasteiger partial charge >= 0.3 is 0 Å². The first-order chi connectivity index (χ1) is 12.7. The molecule has 1 aromatic carbocycles. The fourth-order valence-corrected chi connectivity index (χ4v) is 3.83. The molecule has 0 saturated carbocycles. The van der Waals surface area contributed by atoms with Crippen LogP contribution in [-0.4, -0.2) is 21.6 Å². The van der Waals surface area contributed by atoms with E-state index in [0.717, 1.165) is 42.6 Å². The van der Waals surface area contributed by atoms with Gasteiger partial charge in [0.1, 0.15) is 0 Å². The SMILES string of the molecule is CCCCCc1ccc(NC(=O)CSc2nc3c(c(=O)[nH]2)CCC3)cc1. The number of carbonyl (C=O) groups excluding carboxylic acids is 1. The monoisotopic (exact) mass is 371 g/mol. The summed E-state index contributed by atoms with van der Waals surface area (Å²) in [7, 11) is 0. The summed E-state index contributed by atoms with van der Waals surface area (Å²) in [5.74, 6) is 0.122. The van der Waals surface area contributed by atoms with Gasteiger partial charge in [-0.1, -0.05) is 43.7 Å². The number of nitrogens with zero attached hydrogens (tertiary/aromatic N) is 1. The minimum atomic E-state index is -0.100. The summed E-state index contributed by atoms with van der Waals surface area (Å²) in [5.41, 5.74) is 3.72. The van der Waals surface area contributed by atoms with Crippen LogP contribution in [0.2, 0.25) is 0 Å². The number of fused-ring (bicyclic) bond motifs is 1. The summed E-state index contributed by atoms with van der Waals surface area (Å²) in [6, 6.07) is 8.02. The zero-order valence-electron chi connectivity index (χ0n) is 15.1. The molecule has 0 spiro atoms. The van der Waals surface area contributed by atoms with E-state index in [0.29, 0.717) is 5.16 Å². The van der Waals surface area contributed by atoms with E-state index in [4.69, 9.17) is 0 Å². The Hall–Kier alpha value is -2.08. The molecule has 0 radical (unpaired) electrons. The number of H-pyrrole nitrogens is 1. The number of amides is 1. The van der Waals surface area contributed by atoms with Crippen molar-refractivity contribution >= 4 is 23.4 Å². The molecule has 6 heteroatoms. The number of aromatic nitrogens is 2. The number of thioether (sulfide) groups is 1. The number of nitrogens with one attached hydrogen (secondary N) is 2. The molecule has 0 unspecified atom stereocenters. The largest absolute Gasteiger partial charge is 0.325 e. The fraction of sp³-hybridized carbons (Fsp3) is 0.450. The molecule has 2 aromatic rings. The first kappa shape index (κ1) is 18.7. The molecular weight excluding hydrogens is 346 g/mol. The van der Waals surface area contributed by atoms with Crippen molar-refractivity contribution in [3.8, 4) is 0 Å². The first-order valence-corrected chi connectivity index (χ1v) is 10.3. The molecule has 1 aliphatic rings. The zero-order valence-corrected chi connectivity index (χ0v) is 16.0. The van der Waals surface area contributed by atoms with Crippen LogP contribution in [0.5, 0.6) is 0 Å². The van der Waals surface area contributed by atoms with Gasteiger partial charge in [-0.15, -0.1) is 0 Å². The van der Waals surface area contributed by atoms with Crippen molar-refractivity contribution in [3.05, 3.63) is 51.4 Å². The molecule has 3 rings (SSSR count). The van der Waals surface area contributed by atoms with Crippen LogP contribution in [0.1, 0.15) is 49.4 Å². The van der Waals surface area contributed by atoms with E-state index >= 15 is 0 Å². The Balaban J connectivity index is 1.50. The standard InChI is InChI=1S/C20H25N3O2S/c1-2-3-4-6-14-9-11-15(12-10-14)21-18(24)13-26-20-22-17-8-5-7-16(17)19(25)23-20/h9-12H,2-8,13H2,1H3,(H,21,24)(H,22,23,25). The molecule has 0 saturated heterocycles. The third-order valence-electron chi connectivity index (χ3n) is 4.57. The lowest BCUT2D eigenvalue weighted by atomic mass is 10.1. The smallest absolute Gasteiger partial charge is 0.254 e. The molecule has 1 heterocycles. The normalized spacial score (nSPS) is 12.8. The van der Waals surface area contributed by atoms with Crippen molar-refractivity contribution < 1.29 is 4.79 Å². The Morgan fingerprint density at radius 1 is 1.23 bits per heavy atom. The van der Waals surface area contributed by atoms with E-state index < -0.39 is 0 Å². The van der Waals surface area contributed by atoms with E-state index in [9.17, 15) is 9.59 Å². The molecule has 0 bridgehead atoms. The number of unbranched alkanes of at least 4 members (excludes halogenated alkanes) is 2. The fourth-order valence-electron chi connectivity index (χ4n) is 3.15. The Kier molecular flexibility index (Phi) is 6.50. The van der Waals surface area contributed by atoms with Crippen LogP contribution in [0.25, 0.3) is 0 Å². The first-order valence-electron chi connectivity index (χ1n) is 9.29. The maximum Gasteiger partial charge on any atom is 0.254 e. The van der Waals surface area contributed by atoms with Gasteiger partial charge in [0.25, 0.3) is 5.56 Å². The predicted octanol–water partition coefficient (Wildman–Crippen LogP) is 3.72.